The van der Waals surface area contributed by atoms with Crippen LogP contribution in [0.1, 0.15) is 26.3 Å². The highest BCUT2D eigenvalue weighted by atomic mass is 15.3. The third-order valence-corrected chi connectivity index (χ3v) is 13.5. The Hall–Kier alpha value is -8.09. The molecule has 0 spiro atoms. The Morgan fingerprint density at radius 3 is 1.56 bits per heavy atom. The first-order valence-corrected chi connectivity index (χ1v) is 22.9. The number of fused-ring (bicyclic) bond motifs is 4. The van der Waals surface area contributed by atoms with Crippen LogP contribution in [0.15, 0.2) is 225 Å². The number of hydrogen-bond donors (Lipinski definition) is 0. The van der Waals surface area contributed by atoms with E-state index in [4.69, 9.17) is 4.98 Å². The van der Waals surface area contributed by atoms with Gasteiger partial charge in [0.2, 0.25) is 0 Å². The Bertz CT molecular complexity index is 3220. The van der Waals surface area contributed by atoms with Gasteiger partial charge in [-0.05, 0) is 117 Å². The molecule has 0 radical (unpaired) electrons. The SMILES string of the molecule is CC(C)(C)c1ccnc(-c2ccc3c(c2)B2c4cc(N5C=CN(c6c(-c7ccccc7)cccc6-c6ccccc6)C5)ccc4N(c4ccccc4)c4cccc(c42)N3c2ccccc2)c1. The zero-order valence-corrected chi connectivity index (χ0v) is 37.4. The highest BCUT2D eigenvalue weighted by Crippen LogP contribution is 2.46. The number of anilines is 8. The van der Waals surface area contributed by atoms with Crippen LogP contribution in [-0.4, -0.2) is 18.4 Å². The molecule has 4 heterocycles. The molecule has 5 nitrogen and oxygen atoms in total. The molecule has 3 aliphatic heterocycles. The van der Waals surface area contributed by atoms with E-state index in [2.05, 4.69) is 259 Å². The van der Waals surface area contributed by atoms with Crippen molar-refractivity contribution < 1.29 is 0 Å². The Kier molecular flexibility index (Phi) is 9.49. The first-order valence-electron chi connectivity index (χ1n) is 22.9. The Balaban J connectivity index is 1.03. The first-order chi connectivity index (χ1) is 32.4. The van der Waals surface area contributed by atoms with Crippen LogP contribution in [0.5, 0.6) is 0 Å². The summed E-state index contributed by atoms with van der Waals surface area (Å²) in [4.78, 5) is 14.7. The maximum atomic E-state index is 4.98. The van der Waals surface area contributed by atoms with Crippen molar-refractivity contribution in [2.75, 3.05) is 26.3 Å². The predicted molar refractivity (Wildman–Crippen MR) is 279 cm³/mol. The molecular formula is C60H48BN5. The summed E-state index contributed by atoms with van der Waals surface area (Å²) in [7, 11) is 0. The largest absolute Gasteiger partial charge is 0.328 e. The van der Waals surface area contributed by atoms with Crippen LogP contribution in [0.4, 0.5) is 45.5 Å². The van der Waals surface area contributed by atoms with Crippen LogP contribution in [0.25, 0.3) is 33.5 Å². The molecule has 316 valence electrons. The van der Waals surface area contributed by atoms with Crippen molar-refractivity contribution in [1.82, 2.24) is 4.98 Å². The van der Waals surface area contributed by atoms with E-state index in [1.165, 1.54) is 72.6 Å². The van der Waals surface area contributed by atoms with Crippen molar-refractivity contribution in [3.05, 3.63) is 230 Å². The first kappa shape index (κ1) is 39.5. The summed E-state index contributed by atoms with van der Waals surface area (Å²) in [5.41, 5.74) is 21.3. The molecule has 0 amide bonds. The normalized spacial score (nSPS) is 13.7. The van der Waals surface area contributed by atoms with E-state index < -0.39 is 0 Å². The Labute approximate surface area is 388 Å². The van der Waals surface area contributed by atoms with Crippen LogP contribution in [0, 0.1) is 0 Å². The molecule has 0 N–H and O–H groups in total. The van der Waals surface area contributed by atoms with Crippen molar-refractivity contribution in [1.29, 1.82) is 0 Å². The Morgan fingerprint density at radius 2 is 0.970 bits per heavy atom. The summed E-state index contributed by atoms with van der Waals surface area (Å²) in [6.07, 6.45) is 6.45. The number of pyridine rings is 1. The number of benzene rings is 8. The smallest absolute Gasteiger partial charge is 0.252 e. The summed E-state index contributed by atoms with van der Waals surface area (Å²) in [5, 5.41) is 0. The number of rotatable bonds is 7. The second kappa shape index (κ2) is 15.9. The molecule has 0 fully saturated rings. The van der Waals surface area contributed by atoms with Gasteiger partial charge in [0.05, 0.1) is 18.1 Å². The van der Waals surface area contributed by atoms with E-state index in [1.807, 2.05) is 6.20 Å². The van der Waals surface area contributed by atoms with Gasteiger partial charge in [-0.25, -0.2) is 0 Å². The molecule has 1 aromatic heterocycles. The lowest BCUT2D eigenvalue weighted by Crippen LogP contribution is -2.61. The van der Waals surface area contributed by atoms with Crippen molar-refractivity contribution >= 4 is 68.6 Å². The zero-order valence-electron chi connectivity index (χ0n) is 37.4. The van der Waals surface area contributed by atoms with Crippen LogP contribution >= 0.6 is 0 Å². The van der Waals surface area contributed by atoms with Gasteiger partial charge in [0.25, 0.3) is 6.71 Å². The van der Waals surface area contributed by atoms with Gasteiger partial charge in [-0.1, -0.05) is 154 Å². The monoisotopic (exact) mass is 849 g/mol. The van der Waals surface area contributed by atoms with E-state index in [0.29, 0.717) is 6.67 Å². The van der Waals surface area contributed by atoms with Gasteiger partial charge in [-0.15, -0.1) is 0 Å². The van der Waals surface area contributed by atoms with Gasteiger partial charge in [0.1, 0.15) is 0 Å². The molecule has 0 unspecified atom stereocenters. The molecule has 0 aliphatic carbocycles. The quantitative estimate of drug-likeness (QED) is 0.149. The third-order valence-electron chi connectivity index (χ3n) is 13.5. The molecule has 6 heteroatoms. The van der Waals surface area contributed by atoms with E-state index in [1.54, 1.807) is 0 Å². The Morgan fingerprint density at radius 1 is 0.439 bits per heavy atom. The molecule has 66 heavy (non-hydrogen) atoms. The highest BCUT2D eigenvalue weighted by molar-refractivity contribution is 7.00. The minimum absolute atomic E-state index is 0.00417. The minimum Gasteiger partial charge on any atom is -0.328 e. The van der Waals surface area contributed by atoms with Crippen molar-refractivity contribution in [3.63, 3.8) is 0 Å². The predicted octanol–water partition coefficient (Wildman–Crippen LogP) is 13.2. The maximum Gasteiger partial charge on any atom is 0.252 e. The van der Waals surface area contributed by atoms with Crippen molar-refractivity contribution in [2.24, 2.45) is 0 Å². The topological polar surface area (TPSA) is 25.9 Å². The van der Waals surface area contributed by atoms with Crippen LogP contribution < -0.4 is 36.0 Å². The standard InChI is InChI=1S/C60H48BN5/c1-60(2,3)45-34-35-62-53(39-45)44-30-32-54-51(38-44)61-52-40-48(63-36-37-64(41-63)59-49(42-18-8-4-9-19-42)26-16-27-50(59)43-20-10-5-11-21-43)31-33-55(52)66(47-24-14-7-15-25-47)57-29-17-28-56(58(57)61)65(54)46-22-12-6-13-23-46/h4-40H,41H2,1-3H3. The van der Waals surface area contributed by atoms with Crippen LogP contribution in [-0.2, 0) is 5.41 Å². The maximum absolute atomic E-state index is 4.98. The lowest BCUT2D eigenvalue weighted by Gasteiger charge is -2.44. The molecule has 8 aromatic carbocycles. The molecule has 12 rings (SSSR count). The summed E-state index contributed by atoms with van der Waals surface area (Å²) < 4.78 is 0. The van der Waals surface area contributed by atoms with Gasteiger partial charge < -0.3 is 19.6 Å². The summed E-state index contributed by atoms with van der Waals surface area (Å²) in [6.45, 7) is 7.41. The number of nitrogens with zero attached hydrogens (tertiary/aromatic N) is 5. The fraction of sp³-hybridized carbons (Fsp3) is 0.0833. The molecule has 9 aromatic rings. The number of para-hydroxylation sites is 3. The van der Waals surface area contributed by atoms with Gasteiger partial charge >= 0.3 is 0 Å². The lowest BCUT2D eigenvalue weighted by molar-refractivity contribution is 0.589. The molecule has 0 atom stereocenters. The zero-order chi connectivity index (χ0) is 44.4. The molecule has 0 bridgehead atoms. The summed E-state index contributed by atoms with van der Waals surface area (Å²) in [5.74, 6) is 0. The molecule has 0 saturated carbocycles. The number of hydrogen-bond acceptors (Lipinski definition) is 5. The van der Waals surface area contributed by atoms with Crippen molar-refractivity contribution in [2.45, 2.75) is 26.2 Å². The summed E-state index contributed by atoms with van der Waals surface area (Å²) in [6, 6.07) is 75.2. The highest BCUT2D eigenvalue weighted by Gasteiger charge is 2.43. The van der Waals surface area contributed by atoms with Gasteiger partial charge in [-0.3, -0.25) is 4.98 Å². The molecule has 3 aliphatic rings. The van der Waals surface area contributed by atoms with Gasteiger partial charge in [0.15, 0.2) is 0 Å². The fourth-order valence-electron chi connectivity index (χ4n) is 10.3. The van der Waals surface area contributed by atoms with Crippen LogP contribution in [0.2, 0.25) is 0 Å². The van der Waals surface area contributed by atoms with Crippen molar-refractivity contribution in [3.8, 4) is 33.5 Å². The van der Waals surface area contributed by atoms with Gasteiger partial charge in [-0.2, -0.15) is 0 Å². The second-order valence-corrected chi connectivity index (χ2v) is 18.5. The van der Waals surface area contributed by atoms with E-state index in [9.17, 15) is 0 Å². The van der Waals surface area contributed by atoms with Gasteiger partial charge in [0, 0.05) is 69.5 Å². The van der Waals surface area contributed by atoms with E-state index in [-0.39, 0.29) is 12.1 Å². The molecule has 0 saturated heterocycles. The number of aromatic nitrogens is 1. The van der Waals surface area contributed by atoms with E-state index in [0.717, 1.165) is 28.3 Å². The third kappa shape index (κ3) is 6.68. The average molecular weight is 850 g/mol. The van der Waals surface area contributed by atoms with Crippen LogP contribution in [0.3, 0.4) is 0 Å². The second-order valence-electron chi connectivity index (χ2n) is 18.5. The fourth-order valence-corrected chi connectivity index (χ4v) is 10.3. The minimum atomic E-state index is -0.0574. The van der Waals surface area contributed by atoms with E-state index >= 15 is 0 Å². The molecular weight excluding hydrogens is 802 g/mol. The average Bonchev–Trinajstić information content (AvgIpc) is 3.87. The summed E-state index contributed by atoms with van der Waals surface area (Å²) >= 11 is 0. The lowest BCUT2D eigenvalue weighted by atomic mass is 9.33.